The summed E-state index contributed by atoms with van der Waals surface area (Å²) in [7, 11) is 0. The van der Waals surface area contributed by atoms with Crippen LogP contribution in [-0.2, 0) is 0 Å². The lowest BCUT2D eigenvalue weighted by molar-refractivity contribution is -0.155. The van der Waals surface area contributed by atoms with Gasteiger partial charge in [-0.2, -0.15) is 13.2 Å². The molecular weight excluding hydrogens is 157 g/mol. The van der Waals surface area contributed by atoms with E-state index in [0.717, 1.165) is 0 Å². The van der Waals surface area contributed by atoms with Crippen LogP contribution in [0.1, 0.15) is 19.3 Å². The summed E-state index contributed by atoms with van der Waals surface area (Å²) in [6, 6.07) is -1.50. The molecule has 0 aromatic rings. The number of nitrogens with one attached hydrogen (secondary N) is 2. The van der Waals surface area contributed by atoms with Crippen LogP contribution in [0.2, 0.25) is 0 Å². The molecule has 0 bridgehead atoms. The minimum atomic E-state index is -4.20. The van der Waals surface area contributed by atoms with E-state index in [4.69, 9.17) is 5.41 Å². The largest absolute Gasteiger partial charge is 0.408 e. The maximum atomic E-state index is 12.0. The van der Waals surface area contributed by atoms with Crippen molar-refractivity contribution in [2.24, 2.45) is 0 Å². The first kappa shape index (κ1) is 8.36. The average molecular weight is 166 g/mol. The van der Waals surface area contributed by atoms with E-state index in [9.17, 15) is 13.2 Å². The molecule has 64 valence electrons. The predicted molar refractivity (Wildman–Crippen MR) is 34.6 cm³/mol. The Balaban J connectivity index is 2.53. The van der Waals surface area contributed by atoms with Gasteiger partial charge in [-0.3, -0.25) is 5.41 Å². The third-order valence-electron chi connectivity index (χ3n) is 1.66. The molecule has 1 saturated heterocycles. The lowest BCUT2D eigenvalue weighted by Gasteiger charge is -2.26. The van der Waals surface area contributed by atoms with E-state index in [0.29, 0.717) is 12.8 Å². The Morgan fingerprint density at radius 3 is 2.45 bits per heavy atom. The lowest BCUT2D eigenvalue weighted by atomic mass is 10.0. The Morgan fingerprint density at radius 2 is 2.09 bits per heavy atom. The van der Waals surface area contributed by atoms with Crippen molar-refractivity contribution in [3.8, 4) is 0 Å². The Labute approximate surface area is 62.3 Å². The molecular formula is C6H9F3N2. The smallest absolute Gasteiger partial charge is 0.363 e. The summed E-state index contributed by atoms with van der Waals surface area (Å²) in [5.74, 6) is -0.00132. The summed E-state index contributed by atoms with van der Waals surface area (Å²) in [6.45, 7) is 0. The number of rotatable bonds is 0. The number of hydrogen-bond donors (Lipinski definition) is 2. The van der Waals surface area contributed by atoms with Gasteiger partial charge in [-0.05, 0) is 12.8 Å². The van der Waals surface area contributed by atoms with E-state index >= 15 is 0 Å². The molecule has 0 aromatic carbocycles. The summed E-state index contributed by atoms with van der Waals surface area (Å²) in [4.78, 5) is 0. The number of halogens is 3. The van der Waals surface area contributed by atoms with Crippen LogP contribution in [0.5, 0.6) is 0 Å². The van der Waals surface area contributed by atoms with Crippen LogP contribution in [0.3, 0.4) is 0 Å². The van der Waals surface area contributed by atoms with Crippen LogP contribution < -0.4 is 5.32 Å². The zero-order valence-electron chi connectivity index (χ0n) is 5.83. The van der Waals surface area contributed by atoms with Crippen LogP contribution >= 0.6 is 0 Å². The van der Waals surface area contributed by atoms with Gasteiger partial charge in [0.25, 0.3) is 0 Å². The van der Waals surface area contributed by atoms with Crippen LogP contribution in [0.15, 0.2) is 0 Å². The molecule has 1 rings (SSSR count). The number of amidine groups is 1. The van der Waals surface area contributed by atoms with Crippen LogP contribution in [0, 0.1) is 5.41 Å². The van der Waals surface area contributed by atoms with Gasteiger partial charge in [-0.15, -0.1) is 0 Å². The number of hydrogen-bond acceptors (Lipinski definition) is 1. The molecule has 0 aliphatic carbocycles. The molecule has 0 amide bonds. The summed E-state index contributed by atoms with van der Waals surface area (Å²) in [5, 5.41) is 9.10. The zero-order valence-corrected chi connectivity index (χ0v) is 5.83. The van der Waals surface area contributed by atoms with Crippen LogP contribution in [-0.4, -0.2) is 18.1 Å². The van der Waals surface area contributed by atoms with Gasteiger partial charge < -0.3 is 5.32 Å². The van der Waals surface area contributed by atoms with Gasteiger partial charge >= 0.3 is 6.18 Å². The number of piperidine rings is 1. The SMILES string of the molecule is N=C1CCCC(C(F)(F)F)N1. The highest BCUT2D eigenvalue weighted by Crippen LogP contribution is 2.26. The second-order valence-electron chi connectivity index (χ2n) is 2.61. The molecule has 11 heavy (non-hydrogen) atoms. The summed E-state index contributed by atoms with van der Waals surface area (Å²) < 4.78 is 35.9. The average Bonchev–Trinajstić information content (AvgIpc) is 1.86. The molecule has 1 aliphatic heterocycles. The topological polar surface area (TPSA) is 35.9 Å². The number of alkyl halides is 3. The second-order valence-corrected chi connectivity index (χ2v) is 2.61. The van der Waals surface area contributed by atoms with Crippen molar-refractivity contribution in [1.29, 1.82) is 5.41 Å². The van der Waals surface area contributed by atoms with Gasteiger partial charge in [0, 0.05) is 6.42 Å². The highest BCUT2D eigenvalue weighted by atomic mass is 19.4. The van der Waals surface area contributed by atoms with E-state index < -0.39 is 12.2 Å². The second kappa shape index (κ2) is 2.71. The summed E-state index contributed by atoms with van der Waals surface area (Å²) >= 11 is 0. The van der Waals surface area contributed by atoms with Gasteiger partial charge in [0.15, 0.2) is 0 Å². The van der Waals surface area contributed by atoms with Crippen molar-refractivity contribution >= 4 is 5.84 Å². The molecule has 1 heterocycles. The third kappa shape index (κ3) is 2.10. The zero-order chi connectivity index (χ0) is 8.48. The van der Waals surface area contributed by atoms with Gasteiger partial charge in [0.1, 0.15) is 6.04 Å². The van der Waals surface area contributed by atoms with E-state index in [2.05, 4.69) is 5.32 Å². The Hall–Kier alpha value is -0.740. The molecule has 1 unspecified atom stereocenters. The van der Waals surface area contributed by atoms with E-state index in [1.807, 2.05) is 0 Å². The van der Waals surface area contributed by atoms with Gasteiger partial charge in [0.2, 0.25) is 0 Å². The van der Waals surface area contributed by atoms with Crippen molar-refractivity contribution < 1.29 is 13.2 Å². The van der Waals surface area contributed by atoms with Crippen molar-refractivity contribution in [2.45, 2.75) is 31.5 Å². The minimum Gasteiger partial charge on any atom is -0.363 e. The van der Waals surface area contributed by atoms with E-state index in [1.165, 1.54) is 0 Å². The Kier molecular flexibility index (Phi) is 2.06. The molecule has 0 saturated carbocycles. The normalized spacial score (nSPS) is 26.5. The Morgan fingerprint density at radius 1 is 1.45 bits per heavy atom. The first-order valence-corrected chi connectivity index (χ1v) is 3.41. The maximum Gasteiger partial charge on any atom is 0.408 e. The molecule has 2 N–H and O–H groups in total. The third-order valence-corrected chi connectivity index (χ3v) is 1.66. The van der Waals surface area contributed by atoms with Crippen molar-refractivity contribution in [3.05, 3.63) is 0 Å². The molecule has 2 nitrogen and oxygen atoms in total. The van der Waals surface area contributed by atoms with Crippen molar-refractivity contribution in [2.75, 3.05) is 0 Å². The Bertz CT molecular complexity index is 164. The molecule has 5 heteroatoms. The molecule has 0 aromatic heterocycles. The quantitative estimate of drug-likeness (QED) is 0.564. The molecule has 1 aliphatic rings. The lowest BCUT2D eigenvalue weighted by Crippen LogP contribution is -2.47. The van der Waals surface area contributed by atoms with Gasteiger partial charge in [0.05, 0.1) is 5.84 Å². The van der Waals surface area contributed by atoms with E-state index in [-0.39, 0.29) is 12.3 Å². The monoisotopic (exact) mass is 166 g/mol. The van der Waals surface area contributed by atoms with Crippen LogP contribution in [0.4, 0.5) is 13.2 Å². The predicted octanol–water partition coefficient (Wildman–Crippen LogP) is 1.67. The first-order chi connectivity index (χ1) is 5.00. The highest BCUT2D eigenvalue weighted by molar-refractivity contribution is 5.79. The summed E-state index contributed by atoms with van der Waals surface area (Å²) in [5.41, 5.74) is 0. The van der Waals surface area contributed by atoms with Crippen molar-refractivity contribution in [1.82, 2.24) is 5.32 Å². The van der Waals surface area contributed by atoms with E-state index in [1.54, 1.807) is 0 Å². The molecule has 0 spiro atoms. The fraction of sp³-hybridized carbons (Fsp3) is 0.833. The highest BCUT2D eigenvalue weighted by Gasteiger charge is 2.40. The van der Waals surface area contributed by atoms with Gasteiger partial charge in [-0.1, -0.05) is 0 Å². The maximum absolute atomic E-state index is 12.0. The van der Waals surface area contributed by atoms with Crippen molar-refractivity contribution in [3.63, 3.8) is 0 Å². The fourth-order valence-electron chi connectivity index (χ4n) is 1.08. The minimum absolute atomic E-state index is 0.00132. The molecule has 0 radical (unpaired) electrons. The molecule has 1 fully saturated rings. The standard InChI is InChI=1S/C6H9F3N2/c7-6(8,9)4-2-1-3-5(10)11-4/h4H,1-3H2,(H2,10,11). The summed E-state index contributed by atoms with van der Waals surface area (Å²) in [6.07, 6.45) is -3.22. The van der Waals surface area contributed by atoms with Crippen LogP contribution in [0.25, 0.3) is 0 Å². The fourth-order valence-corrected chi connectivity index (χ4v) is 1.08. The van der Waals surface area contributed by atoms with Gasteiger partial charge in [-0.25, -0.2) is 0 Å². The first-order valence-electron chi connectivity index (χ1n) is 3.41. The molecule has 1 atom stereocenters.